The molecule has 1 unspecified atom stereocenters. The van der Waals surface area contributed by atoms with Gasteiger partial charge in [-0.15, -0.1) is 0 Å². The summed E-state index contributed by atoms with van der Waals surface area (Å²) in [5.74, 6) is -0.842. The van der Waals surface area contributed by atoms with Crippen molar-refractivity contribution in [3.05, 3.63) is 18.1 Å². The number of carbonyl (C=O) groups is 3. The summed E-state index contributed by atoms with van der Waals surface area (Å²) in [5.41, 5.74) is 0.0685. The Bertz CT molecular complexity index is 528. The Kier molecular flexibility index (Phi) is 3.41. The standard InChI is InChI=1S/C11H12N4O4/c1-15-9(16)3-6(10(15)17)14-8-5-12-7(4-13-8)11(18)19-2/h4-6H,3H2,1-2H3,(H,13,14). The molecule has 1 saturated heterocycles. The zero-order valence-electron chi connectivity index (χ0n) is 10.4. The van der Waals surface area contributed by atoms with Crippen LogP contribution < -0.4 is 5.32 Å². The number of anilines is 1. The Labute approximate surface area is 108 Å². The number of likely N-dealkylation sites (tertiary alicyclic amines) is 1. The van der Waals surface area contributed by atoms with Gasteiger partial charge < -0.3 is 10.1 Å². The van der Waals surface area contributed by atoms with E-state index in [0.29, 0.717) is 5.82 Å². The predicted molar refractivity (Wildman–Crippen MR) is 63.2 cm³/mol. The lowest BCUT2D eigenvalue weighted by Crippen LogP contribution is -2.32. The van der Waals surface area contributed by atoms with Gasteiger partial charge in [0.2, 0.25) is 5.91 Å². The topological polar surface area (TPSA) is 101 Å². The zero-order chi connectivity index (χ0) is 14.0. The number of hydrogen-bond acceptors (Lipinski definition) is 7. The minimum Gasteiger partial charge on any atom is -0.464 e. The van der Waals surface area contributed by atoms with Gasteiger partial charge in [0, 0.05) is 7.05 Å². The molecule has 0 saturated carbocycles. The molecule has 1 atom stereocenters. The van der Waals surface area contributed by atoms with Gasteiger partial charge in [0.15, 0.2) is 5.69 Å². The lowest BCUT2D eigenvalue weighted by atomic mass is 10.2. The Hall–Kier alpha value is -2.51. The molecule has 2 heterocycles. The normalized spacial score (nSPS) is 18.6. The summed E-state index contributed by atoms with van der Waals surface area (Å²) >= 11 is 0. The average Bonchev–Trinajstić information content (AvgIpc) is 2.66. The van der Waals surface area contributed by atoms with Crippen LogP contribution in [0.5, 0.6) is 0 Å². The molecule has 2 rings (SSSR count). The van der Waals surface area contributed by atoms with Crippen molar-refractivity contribution in [2.45, 2.75) is 12.5 Å². The molecule has 1 aromatic rings. The molecule has 1 aliphatic heterocycles. The third-order valence-corrected chi connectivity index (χ3v) is 2.75. The van der Waals surface area contributed by atoms with Gasteiger partial charge in [-0.25, -0.2) is 14.8 Å². The first-order valence-electron chi connectivity index (χ1n) is 5.50. The van der Waals surface area contributed by atoms with E-state index in [-0.39, 0.29) is 23.9 Å². The van der Waals surface area contributed by atoms with E-state index in [1.807, 2.05) is 0 Å². The van der Waals surface area contributed by atoms with Gasteiger partial charge in [-0.2, -0.15) is 0 Å². The van der Waals surface area contributed by atoms with Gasteiger partial charge in [-0.05, 0) is 0 Å². The van der Waals surface area contributed by atoms with Crippen molar-refractivity contribution in [2.24, 2.45) is 0 Å². The number of likely N-dealkylation sites (N-methyl/N-ethyl adjacent to an activating group) is 1. The lowest BCUT2D eigenvalue weighted by molar-refractivity contribution is -0.136. The van der Waals surface area contributed by atoms with Crippen molar-refractivity contribution in [1.82, 2.24) is 14.9 Å². The predicted octanol–water partition coefficient (Wildman–Crippen LogP) is -0.568. The number of rotatable bonds is 3. The number of esters is 1. The van der Waals surface area contributed by atoms with Crippen LogP contribution in [0.3, 0.4) is 0 Å². The number of imide groups is 1. The number of carbonyl (C=O) groups excluding carboxylic acids is 3. The molecule has 100 valence electrons. The van der Waals surface area contributed by atoms with Crippen LogP contribution in [0.4, 0.5) is 5.82 Å². The van der Waals surface area contributed by atoms with E-state index in [2.05, 4.69) is 20.0 Å². The van der Waals surface area contributed by atoms with Gasteiger partial charge in [0.25, 0.3) is 5.91 Å². The van der Waals surface area contributed by atoms with Crippen LogP contribution in [0, 0.1) is 0 Å². The summed E-state index contributed by atoms with van der Waals surface area (Å²) in [5, 5.41) is 2.80. The largest absolute Gasteiger partial charge is 0.464 e. The summed E-state index contributed by atoms with van der Waals surface area (Å²) in [4.78, 5) is 43.0. The molecule has 0 aliphatic carbocycles. The molecule has 1 aliphatic rings. The molecule has 19 heavy (non-hydrogen) atoms. The first kappa shape index (κ1) is 12.9. The fraction of sp³-hybridized carbons (Fsp3) is 0.364. The fourth-order valence-corrected chi connectivity index (χ4v) is 1.66. The maximum absolute atomic E-state index is 11.7. The molecule has 2 amide bonds. The monoisotopic (exact) mass is 264 g/mol. The molecule has 8 heteroatoms. The smallest absolute Gasteiger partial charge is 0.358 e. The van der Waals surface area contributed by atoms with E-state index in [0.717, 1.165) is 4.90 Å². The average molecular weight is 264 g/mol. The van der Waals surface area contributed by atoms with Crippen LogP contribution in [-0.4, -0.2) is 52.9 Å². The van der Waals surface area contributed by atoms with Crippen LogP contribution in [-0.2, 0) is 14.3 Å². The van der Waals surface area contributed by atoms with Crippen molar-refractivity contribution in [1.29, 1.82) is 0 Å². The minimum atomic E-state index is -0.643. The van der Waals surface area contributed by atoms with E-state index < -0.39 is 12.0 Å². The van der Waals surface area contributed by atoms with E-state index in [9.17, 15) is 14.4 Å². The van der Waals surface area contributed by atoms with Crippen molar-refractivity contribution in [3.63, 3.8) is 0 Å². The maximum atomic E-state index is 11.7. The fourth-order valence-electron chi connectivity index (χ4n) is 1.66. The SMILES string of the molecule is COC(=O)c1cnc(NC2CC(=O)N(C)C2=O)cn1. The summed E-state index contributed by atoms with van der Waals surface area (Å²) in [6.45, 7) is 0. The summed E-state index contributed by atoms with van der Waals surface area (Å²) in [6.07, 6.45) is 2.62. The van der Waals surface area contributed by atoms with Crippen LogP contribution in [0.25, 0.3) is 0 Å². The van der Waals surface area contributed by atoms with Crippen molar-refractivity contribution in [3.8, 4) is 0 Å². The van der Waals surface area contributed by atoms with E-state index in [1.54, 1.807) is 0 Å². The number of aromatic nitrogens is 2. The third-order valence-electron chi connectivity index (χ3n) is 2.75. The van der Waals surface area contributed by atoms with Crippen LogP contribution in [0.2, 0.25) is 0 Å². The van der Waals surface area contributed by atoms with Gasteiger partial charge in [0.1, 0.15) is 11.9 Å². The highest BCUT2D eigenvalue weighted by atomic mass is 16.5. The van der Waals surface area contributed by atoms with Crippen molar-refractivity contribution < 1.29 is 19.1 Å². The molecule has 8 nitrogen and oxygen atoms in total. The Morgan fingerprint density at radius 2 is 2.16 bits per heavy atom. The molecule has 1 N–H and O–H groups in total. The van der Waals surface area contributed by atoms with Gasteiger partial charge >= 0.3 is 5.97 Å². The van der Waals surface area contributed by atoms with E-state index in [1.165, 1.54) is 26.6 Å². The minimum absolute atomic E-state index is 0.0685. The molecule has 1 fully saturated rings. The zero-order valence-corrected chi connectivity index (χ0v) is 10.4. The van der Waals surface area contributed by atoms with Crippen LogP contribution >= 0.6 is 0 Å². The first-order chi connectivity index (χ1) is 9.02. The summed E-state index contributed by atoms with van der Waals surface area (Å²) < 4.78 is 4.49. The molecule has 0 spiro atoms. The maximum Gasteiger partial charge on any atom is 0.358 e. The molecular formula is C11H12N4O4. The van der Waals surface area contributed by atoms with Crippen LogP contribution in [0.15, 0.2) is 12.4 Å². The van der Waals surface area contributed by atoms with Gasteiger partial charge in [-0.1, -0.05) is 0 Å². The second kappa shape index (κ2) is 5.01. The molecule has 0 aromatic carbocycles. The second-order valence-corrected chi connectivity index (χ2v) is 3.97. The second-order valence-electron chi connectivity index (χ2n) is 3.97. The third kappa shape index (κ3) is 2.51. The summed E-state index contributed by atoms with van der Waals surface area (Å²) in [7, 11) is 2.67. The highest BCUT2D eigenvalue weighted by Gasteiger charge is 2.36. The van der Waals surface area contributed by atoms with E-state index in [4.69, 9.17) is 0 Å². The number of nitrogens with zero attached hydrogens (tertiary/aromatic N) is 3. The molecule has 1 aromatic heterocycles. The number of amides is 2. The Balaban J connectivity index is 2.06. The lowest BCUT2D eigenvalue weighted by Gasteiger charge is -2.11. The van der Waals surface area contributed by atoms with Gasteiger partial charge in [0.05, 0.1) is 25.9 Å². The molecule has 0 bridgehead atoms. The van der Waals surface area contributed by atoms with Crippen molar-refractivity contribution >= 4 is 23.6 Å². The molecule has 0 radical (unpaired) electrons. The Morgan fingerprint density at radius 3 is 2.63 bits per heavy atom. The quantitative estimate of drug-likeness (QED) is 0.576. The van der Waals surface area contributed by atoms with Crippen molar-refractivity contribution in [2.75, 3.05) is 19.5 Å². The summed E-state index contributed by atoms with van der Waals surface area (Å²) in [6, 6.07) is -0.643. The number of nitrogens with one attached hydrogen (secondary N) is 1. The van der Waals surface area contributed by atoms with Gasteiger partial charge in [-0.3, -0.25) is 14.5 Å². The molecular weight excluding hydrogens is 252 g/mol. The Morgan fingerprint density at radius 1 is 1.42 bits per heavy atom. The highest BCUT2D eigenvalue weighted by molar-refractivity contribution is 6.06. The first-order valence-corrected chi connectivity index (χ1v) is 5.50. The van der Waals surface area contributed by atoms with E-state index >= 15 is 0 Å². The number of ether oxygens (including phenoxy) is 1. The highest BCUT2D eigenvalue weighted by Crippen LogP contribution is 2.15. The number of hydrogen-bond donors (Lipinski definition) is 1. The van der Waals surface area contributed by atoms with Crippen LogP contribution in [0.1, 0.15) is 16.9 Å². The number of methoxy groups -OCH3 is 1.